The molecule has 0 aromatic heterocycles. The summed E-state index contributed by atoms with van der Waals surface area (Å²) < 4.78 is 5.51. The third kappa shape index (κ3) is 2.19. The van der Waals surface area contributed by atoms with Gasteiger partial charge in [0.25, 0.3) is 0 Å². The van der Waals surface area contributed by atoms with Crippen LogP contribution >= 0.6 is 0 Å². The van der Waals surface area contributed by atoms with Crippen LogP contribution in [0.2, 0.25) is 0 Å². The van der Waals surface area contributed by atoms with Crippen molar-refractivity contribution in [1.82, 2.24) is 4.90 Å². The van der Waals surface area contributed by atoms with Crippen LogP contribution in [-0.2, 0) is 4.74 Å². The molecule has 0 radical (unpaired) electrons. The molecule has 2 aliphatic heterocycles. The fourth-order valence-electron chi connectivity index (χ4n) is 2.98. The molecule has 0 spiro atoms. The molecule has 15 heavy (non-hydrogen) atoms. The topological polar surface area (TPSA) is 38.5 Å². The van der Waals surface area contributed by atoms with Crippen molar-refractivity contribution in [3.63, 3.8) is 0 Å². The largest absolute Gasteiger partial charge is 0.381 e. The van der Waals surface area contributed by atoms with Gasteiger partial charge in [-0.3, -0.25) is 4.90 Å². The zero-order valence-corrected chi connectivity index (χ0v) is 9.87. The molecule has 0 aromatic carbocycles. The first-order chi connectivity index (χ1) is 7.27. The van der Waals surface area contributed by atoms with Crippen molar-refractivity contribution in [2.75, 3.05) is 32.8 Å². The van der Waals surface area contributed by atoms with Gasteiger partial charge in [0.05, 0.1) is 6.61 Å². The van der Waals surface area contributed by atoms with E-state index >= 15 is 0 Å². The maximum Gasteiger partial charge on any atom is 0.0513 e. The van der Waals surface area contributed by atoms with E-state index in [0.717, 1.165) is 19.8 Å². The monoisotopic (exact) mass is 212 g/mol. The quantitative estimate of drug-likeness (QED) is 0.764. The van der Waals surface area contributed by atoms with E-state index < -0.39 is 0 Å². The Kier molecular flexibility index (Phi) is 3.65. The van der Waals surface area contributed by atoms with E-state index in [1.165, 1.54) is 38.8 Å². The van der Waals surface area contributed by atoms with E-state index in [9.17, 15) is 0 Å². The summed E-state index contributed by atoms with van der Waals surface area (Å²) in [5, 5.41) is 0. The third-order valence-electron chi connectivity index (χ3n) is 4.30. The summed E-state index contributed by atoms with van der Waals surface area (Å²) in [6, 6.07) is 0. The molecule has 2 rings (SSSR count). The smallest absolute Gasteiger partial charge is 0.0513 e. The number of piperidine rings is 1. The van der Waals surface area contributed by atoms with Crippen molar-refractivity contribution in [3.05, 3.63) is 0 Å². The summed E-state index contributed by atoms with van der Waals surface area (Å²) in [5.74, 6) is 0.639. The SMILES string of the molecule is CC(CN)(C1CCOC1)N1CCCCC1. The number of hydrogen-bond donors (Lipinski definition) is 1. The molecule has 2 atom stereocenters. The highest BCUT2D eigenvalue weighted by atomic mass is 16.5. The van der Waals surface area contributed by atoms with Crippen molar-refractivity contribution >= 4 is 0 Å². The second kappa shape index (κ2) is 4.81. The third-order valence-corrected chi connectivity index (χ3v) is 4.30. The molecule has 0 amide bonds. The minimum absolute atomic E-state index is 0.178. The highest BCUT2D eigenvalue weighted by Gasteiger charge is 2.40. The average molecular weight is 212 g/mol. The number of likely N-dealkylation sites (tertiary alicyclic amines) is 1. The summed E-state index contributed by atoms with van der Waals surface area (Å²) in [6.45, 7) is 7.38. The second-order valence-electron chi connectivity index (χ2n) is 5.17. The van der Waals surface area contributed by atoms with Crippen LogP contribution in [0, 0.1) is 5.92 Å². The Labute approximate surface area is 93.0 Å². The van der Waals surface area contributed by atoms with Crippen LogP contribution in [0.15, 0.2) is 0 Å². The minimum Gasteiger partial charge on any atom is -0.381 e. The second-order valence-corrected chi connectivity index (χ2v) is 5.17. The molecule has 0 saturated carbocycles. The predicted molar refractivity (Wildman–Crippen MR) is 61.8 cm³/mol. The Morgan fingerprint density at radius 2 is 2.07 bits per heavy atom. The van der Waals surface area contributed by atoms with Crippen LogP contribution in [-0.4, -0.2) is 43.3 Å². The number of nitrogens with zero attached hydrogens (tertiary/aromatic N) is 1. The standard InChI is InChI=1S/C12H24N2O/c1-12(10-13,11-5-8-15-9-11)14-6-3-2-4-7-14/h11H,2-10,13H2,1H3. The summed E-state index contributed by atoms with van der Waals surface area (Å²) in [5.41, 5.74) is 6.20. The lowest BCUT2D eigenvalue weighted by molar-refractivity contribution is 0.0307. The predicted octanol–water partition coefficient (Wildman–Crippen LogP) is 1.23. The lowest BCUT2D eigenvalue weighted by atomic mass is 9.82. The Hall–Kier alpha value is -0.120. The van der Waals surface area contributed by atoms with Crippen LogP contribution in [0.3, 0.4) is 0 Å². The molecule has 2 unspecified atom stereocenters. The van der Waals surface area contributed by atoms with E-state index in [1.54, 1.807) is 0 Å². The van der Waals surface area contributed by atoms with Gasteiger partial charge in [-0.15, -0.1) is 0 Å². The maximum absolute atomic E-state index is 6.02. The van der Waals surface area contributed by atoms with Crippen LogP contribution in [0.1, 0.15) is 32.6 Å². The molecule has 2 heterocycles. The fourth-order valence-corrected chi connectivity index (χ4v) is 2.98. The zero-order valence-electron chi connectivity index (χ0n) is 9.87. The van der Waals surface area contributed by atoms with E-state index in [1.807, 2.05) is 0 Å². The summed E-state index contributed by atoms with van der Waals surface area (Å²) >= 11 is 0. The van der Waals surface area contributed by atoms with Crippen LogP contribution in [0.4, 0.5) is 0 Å². The molecule has 88 valence electrons. The molecule has 0 aliphatic carbocycles. The molecule has 0 bridgehead atoms. The van der Waals surface area contributed by atoms with Crippen LogP contribution in [0.5, 0.6) is 0 Å². The van der Waals surface area contributed by atoms with Crippen LogP contribution < -0.4 is 5.73 Å². The maximum atomic E-state index is 6.02. The lowest BCUT2D eigenvalue weighted by Gasteiger charge is -2.46. The van der Waals surface area contributed by atoms with Gasteiger partial charge < -0.3 is 10.5 Å². The van der Waals surface area contributed by atoms with Gasteiger partial charge in [0.1, 0.15) is 0 Å². The summed E-state index contributed by atoms with van der Waals surface area (Å²) in [7, 11) is 0. The van der Waals surface area contributed by atoms with Gasteiger partial charge in [-0.2, -0.15) is 0 Å². The van der Waals surface area contributed by atoms with Gasteiger partial charge in [-0.05, 0) is 39.3 Å². The Morgan fingerprint density at radius 3 is 2.60 bits per heavy atom. The fraction of sp³-hybridized carbons (Fsp3) is 1.00. The van der Waals surface area contributed by atoms with E-state index in [-0.39, 0.29) is 5.54 Å². The molecule has 3 heteroatoms. The van der Waals surface area contributed by atoms with E-state index in [0.29, 0.717) is 5.92 Å². The van der Waals surface area contributed by atoms with E-state index in [2.05, 4.69) is 11.8 Å². The van der Waals surface area contributed by atoms with Crippen molar-refractivity contribution in [3.8, 4) is 0 Å². The molecule has 2 N–H and O–H groups in total. The first-order valence-corrected chi connectivity index (χ1v) is 6.30. The number of nitrogens with two attached hydrogens (primary N) is 1. The van der Waals surface area contributed by atoms with Crippen molar-refractivity contribution in [2.45, 2.75) is 38.1 Å². The highest BCUT2D eigenvalue weighted by molar-refractivity contribution is 4.96. The van der Waals surface area contributed by atoms with Gasteiger partial charge in [0, 0.05) is 24.6 Å². The molecular weight excluding hydrogens is 188 g/mol. The Morgan fingerprint density at radius 1 is 1.33 bits per heavy atom. The van der Waals surface area contributed by atoms with Gasteiger partial charge in [-0.1, -0.05) is 6.42 Å². The Balaban J connectivity index is 2.04. The summed E-state index contributed by atoms with van der Waals surface area (Å²) in [4.78, 5) is 2.61. The van der Waals surface area contributed by atoms with Crippen LogP contribution in [0.25, 0.3) is 0 Å². The van der Waals surface area contributed by atoms with Gasteiger partial charge >= 0.3 is 0 Å². The minimum atomic E-state index is 0.178. The highest BCUT2D eigenvalue weighted by Crippen LogP contribution is 2.32. The van der Waals surface area contributed by atoms with Crippen molar-refractivity contribution in [2.24, 2.45) is 11.7 Å². The van der Waals surface area contributed by atoms with Crippen molar-refractivity contribution in [1.29, 1.82) is 0 Å². The van der Waals surface area contributed by atoms with E-state index in [4.69, 9.17) is 10.5 Å². The average Bonchev–Trinajstić information content (AvgIpc) is 2.83. The number of hydrogen-bond acceptors (Lipinski definition) is 3. The summed E-state index contributed by atoms with van der Waals surface area (Å²) in [6.07, 6.45) is 5.24. The first-order valence-electron chi connectivity index (χ1n) is 6.30. The number of rotatable bonds is 3. The first kappa shape index (κ1) is 11.4. The zero-order chi connectivity index (χ0) is 10.7. The molecule has 2 saturated heterocycles. The normalized spacial score (nSPS) is 32.8. The van der Waals surface area contributed by atoms with Crippen molar-refractivity contribution < 1.29 is 4.74 Å². The van der Waals surface area contributed by atoms with Gasteiger partial charge in [-0.25, -0.2) is 0 Å². The number of ether oxygens (including phenoxy) is 1. The lowest BCUT2D eigenvalue weighted by Crippen LogP contribution is -2.58. The molecular formula is C12H24N2O. The van der Waals surface area contributed by atoms with Gasteiger partial charge in [0.15, 0.2) is 0 Å². The molecule has 2 aliphatic rings. The Bertz CT molecular complexity index is 198. The molecule has 3 nitrogen and oxygen atoms in total. The molecule has 2 fully saturated rings. The molecule has 0 aromatic rings. The van der Waals surface area contributed by atoms with Gasteiger partial charge in [0.2, 0.25) is 0 Å².